The van der Waals surface area contributed by atoms with Gasteiger partial charge in [-0.25, -0.2) is 0 Å². The van der Waals surface area contributed by atoms with E-state index in [0.29, 0.717) is 0 Å². The van der Waals surface area contributed by atoms with E-state index in [0.717, 1.165) is 0 Å². The summed E-state index contributed by atoms with van der Waals surface area (Å²) in [4.78, 5) is 0. The van der Waals surface area contributed by atoms with E-state index in [1.54, 1.807) is 0 Å². The molecule has 0 heterocycles. The molecule has 0 aliphatic heterocycles. The first-order valence-corrected chi connectivity index (χ1v) is 2.35. The van der Waals surface area contributed by atoms with Crippen molar-refractivity contribution < 1.29 is 27.7 Å². The number of halogens is 1. The Labute approximate surface area is 84.3 Å². The average Bonchev–Trinajstić information content (AvgIpc) is 1.62. The van der Waals surface area contributed by atoms with Gasteiger partial charge in [0, 0.05) is 0 Å². The van der Waals surface area contributed by atoms with Gasteiger partial charge in [0.2, 0.25) is 0 Å². The van der Waals surface area contributed by atoms with Crippen LogP contribution in [-0.2, 0) is 0 Å². The lowest BCUT2D eigenvalue weighted by Gasteiger charge is -2.62. The van der Waals surface area contributed by atoms with Crippen molar-refractivity contribution in [2.45, 2.75) is 25.4 Å². The summed E-state index contributed by atoms with van der Waals surface area (Å²) in [5.41, 5.74) is 4.81. The van der Waals surface area contributed by atoms with Crippen molar-refractivity contribution in [1.82, 2.24) is 24.6 Å². The molecule has 0 fully saturated rings. The number of quaternary nitrogens is 4. The molecule has 0 amide bonds. The third-order valence-electron chi connectivity index (χ3n) is 0.894. The first-order valence-electron chi connectivity index (χ1n) is 2.35. The lowest BCUT2D eigenvalue weighted by Crippen LogP contribution is -3.00. The van der Waals surface area contributed by atoms with Gasteiger partial charge in [0.1, 0.15) is 0 Å². The summed E-state index contributed by atoms with van der Waals surface area (Å²) in [5.74, 6) is -3.46. The Hall–Kier alpha value is -0.0300. The summed E-state index contributed by atoms with van der Waals surface area (Å²) in [6.45, 7) is 1.52. The Kier molecular flexibility index (Phi) is 42.6. The first kappa shape index (κ1) is 38.3. The second-order valence-electron chi connectivity index (χ2n) is 1.62. The van der Waals surface area contributed by atoms with Gasteiger partial charge in [-0.3, -0.25) is 0 Å². The molecule has 0 bridgehead atoms. The summed E-state index contributed by atoms with van der Waals surface area (Å²) < 4.78 is 0. The van der Waals surface area contributed by atoms with Crippen LogP contribution in [0.4, 0.5) is 0 Å². The molecule has 0 aliphatic carbocycles. The first-order chi connectivity index (χ1) is 3.48. The van der Waals surface area contributed by atoms with Gasteiger partial charge in [-0.15, -0.1) is 0 Å². The van der Waals surface area contributed by atoms with Gasteiger partial charge in [0.25, 0.3) is 0 Å². The minimum absolute atomic E-state index is 0. The summed E-state index contributed by atoms with van der Waals surface area (Å²) in [7, 11) is 0. The molecule has 0 rings (SSSR count). The number of rotatable bonds is 2. The zero-order valence-corrected chi connectivity index (χ0v) is 9.72. The Morgan fingerprint density at radius 1 is 1.08 bits per heavy atom. The van der Waals surface area contributed by atoms with E-state index >= 15 is 0 Å². The summed E-state index contributed by atoms with van der Waals surface area (Å²) >= 11 is 0. The van der Waals surface area contributed by atoms with Gasteiger partial charge in [0.05, 0.1) is 0 Å². The van der Waals surface area contributed by atoms with Crippen LogP contribution in [-0.4, -0.2) is 12.0 Å². The van der Waals surface area contributed by atoms with Crippen molar-refractivity contribution in [3.05, 3.63) is 0 Å². The molecular formula is C4H24ClN5O3. The lowest BCUT2D eigenvalue weighted by molar-refractivity contribution is -0.906. The highest BCUT2D eigenvalue weighted by Crippen LogP contribution is 1.89. The highest BCUT2D eigenvalue weighted by atomic mass is 35.5. The molecule has 1 atom stereocenters. The summed E-state index contributed by atoms with van der Waals surface area (Å²) in [6, 6.07) is -1.32. The van der Waals surface area contributed by atoms with Gasteiger partial charge < -0.3 is 64.0 Å². The van der Waals surface area contributed by atoms with Crippen molar-refractivity contribution in [2.24, 2.45) is 5.73 Å². The molecule has 0 aromatic carbocycles. The van der Waals surface area contributed by atoms with E-state index < -0.39 is 12.0 Å². The van der Waals surface area contributed by atoms with E-state index in [4.69, 9.17) is 5.73 Å². The van der Waals surface area contributed by atoms with Gasteiger partial charge >= 0.3 is 0 Å². The lowest BCUT2D eigenvalue weighted by atomic mass is 10.2. The molecule has 0 spiro atoms. The largest absolute Gasteiger partial charge is 1.00 e. The normalized spacial score (nSPS) is 9.92. The Balaban J connectivity index is -0.0000000245. The van der Waals surface area contributed by atoms with Crippen molar-refractivity contribution >= 4 is 0 Å². The van der Waals surface area contributed by atoms with Crippen molar-refractivity contribution in [3.8, 4) is 0 Å². The van der Waals surface area contributed by atoms with Gasteiger partial charge in [-0.05, 0) is 12.5 Å². The predicted molar refractivity (Wildman–Crippen MR) is 44.9 cm³/mol. The van der Waals surface area contributed by atoms with Crippen molar-refractivity contribution in [2.75, 3.05) is 0 Å². The third-order valence-corrected chi connectivity index (χ3v) is 0.894. The van der Waals surface area contributed by atoms with Crippen LogP contribution in [0.2, 0.25) is 0 Å². The fourth-order valence-corrected chi connectivity index (χ4v) is 0.250. The van der Waals surface area contributed by atoms with E-state index in [1.165, 1.54) is 6.92 Å². The third kappa shape index (κ3) is 18.7. The minimum atomic E-state index is -3.46. The number of hydrogen-bond donors (Lipinski definition) is 5. The van der Waals surface area contributed by atoms with Gasteiger partial charge in [0.15, 0.2) is 0 Å². The molecule has 0 saturated carbocycles. The minimum Gasteiger partial charge on any atom is -1.00 e. The quantitative estimate of drug-likeness (QED) is 0.290. The van der Waals surface area contributed by atoms with Crippen LogP contribution < -0.4 is 58.1 Å². The topological polar surface area (TPSA) is 241 Å². The standard InChI is InChI=1S/C4H8NO3.ClH.4H3N/c1-2-3(5)4(6,7)8;;;;;/h3H,2,5H2,1H3;1H;4*1H3/q-3;;;;;/p+3. The highest BCUT2D eigenvalue weighted by Gasteiger charge is 1.94. The summed E-state index contributed by atoms with van der Waals surface area (Å²) in [6.07, 6.45) is 0.135. The maximum atomic E-state index is 9.80. The monoisotopic (exact) mass is 225 g/mol. The fraction of sp³-hybridized carbons (Fsp3) is 1.00. The van der Waals surface area contributed by atoms with E-state index in [2.05, 4.69) is 0 Å². The smallest absolute Gasteiger partial charge is 0.0376 e. The van der Waals surface area contributed by atoms with Crippen LogP contribution in [0.15, 0.2) is 0 Å². The van der Waals surface area contributed by atoms with E-state index in [9.17, 15) is 15.3 Å². The molecule has 0 aromatic rings. The SMILES string of the molecule is CCC(N)C([O-])([O-])[O-].[Cl-].[NH4+].[NH4+].[NH4+].[NH4+]. The van der Waals surface area contributed by atoms with Crippen molar-refractivity contribution in [3.63, 3.8) is 0 Å². The number of hydrogen-bond acceptors (Lipinski definition) is 4. The molecule has 0 aromatic heterocycles. The Bertz CT molecular complexity index is 80.7. The van der Waals surface area contributed by atoms with Crippen molar-refractivity contribution in [1.29, 1.82) is 0 Å². The molecule has 13 heavy (non-hydrogen) atoms. The molecular weight excluding hydrogens is 202 g/mol. The van der Waals surface area contributed by atoms with Gasteiger partial charge in [-0.1, -0.05) is 6.92 Å². The Morgan fingerprint density at radius 3 is 1.31 bits per heavy atom. The molecule has 90 valence electrons. The van der Waals surface area contributed by atoms with Crippen LogP contribution in [0, 0.1) is 0 Å². The highest BCUT2D eigenvalue weighted by molar-refractivity contribution is 4.60. The predicted octanol–water partition coefficient (Wildman–Crippen LogP) is -5.03. The Morgan fingerprint density at radius 2 is 1.31 bits per heavy atom. The van der Waals surface area contributed by atoms with Crippen LogP contribution in [0.1, 0.15) is 13.3 Å². The maximum Gasteiger partial charge on any atom is -0.0376 e. The molecule has 0 aliphatic rings. The number of nitrogens with two attached hydrogens (primary N) is 1. The van der Waals surface area contributed by atoms with Gasteiger partial charge in [-0.2, -0.15) is 0 Å². The van der Waals surface area contributed by atoms with Crippen LogP contribution in [0.5, 0.6) is 0 Å². The van der Waals surface area contributed by atoms with Crippen LogP contribution in [0.25, 0.3) is 0 Å². The molecule has 0 saturated heterocycles. The van der Waals surface area contributed by atoms with Crippen LogP contribution in [0.3, 0.4) is 0 Å². The molecule has 0 radical (unpaired) electrons. The summed E-state index contributed by atoms with van der Waals surface area (Å²) in [5, 5.41) is 29.4. The molecule has 18 N–H and O–H groups in total. The maximum absolute atomic E-state index is 9.80. The van der Waals surface area contributed by atoms with E-state index in [1.807, 2.05) is 0 Å². The molecule has 9 heteroatoms. The average molecular weight is 226 g/mol. The second kappa shape index (κ2) is 14.5. The molecule has 1 unspecified atom stereocenters. The zero-order valence-electron chi connectivity index (χ0n) is 8.96. The zero-order chi connectivity index (χ0) is 6.78. The second-order valence-corrected chi connectivity index (χ2v) is 1.62. The molecule has 8 nitrogen and oxygen atoms in total. The van der Waals surface area contributed by atoms with Crippen LogP contribution >= 0.6 is 0 Å². The fourth-order valence-electron chi connectivity index (χ4n) is 0.250. The van der Waals surface area contributed by atoms with E-state index in [-0.39, 0.29) is 43.4 Å².